The maximum Gasteiger partial charge on any atom is 0.214 e. The van der Waals surface area contributed by atoms with E-state index in [0.29, 0.717) is 19.5 Å². The SMILES string of the molecule is CCCCS(=O)(=O)N1CCN[C@@H]2CS(=O)(=O)C[C@@H]21. The Morgan fingerprint density at radius 2 is 2.06 bits per heavy atom. The molecule has 0 aromatic carbocycles. The van der Waals surface area contributed by atoms with Gasteiger partial charge in [0, 0.05) is 19.1 Å². The molecule has 0 aromatic heterocycles. The smallest absolute Gasteiger partial charge is 0.214 e. The zero-order chi connectivity index (χ0) is 13.4. The molecule has 106 valence electrons. The van der Waals surface area contributed by atoms with E-state index in [4.69, 9.17) is 0 Å². The molecular weight excluding hydrogens is 276 g/mol. The fraction of sp³-hybridized carbons (Fsp3) is 1.00. The summed E-state index contributed by atoms with van der Waals surface area (Å²) >= 11 is 0. The number of sulfone groups is 1. The Bertz CT molecular complexity index is 500. The lowest BCUT2D eigenvalue weighted by Crippen LogP contribution is -2.59. The summed E-state index contributed by atoms with van der Waals surface area (Å²) in [6.45, 7) is 2.85. The van der Waals surface area contributed by atoms with Crippen LogP contribution >= 0.6 is 0 Å². The van der Waals surface area contributed by atoms with Crippen molar-refractivity contribution in [1.82, 2.24) is 9.62 Å². The predicted molar refractivity (Wildman–Crippen MR) is 69.6 cm³/mol. The Labute approximate surface area is 109 Å². The van der Waals surface area contributed by atoms with E-state index in [2.05, 4.69) is 5.32 Å². The second kappa shape index (κ2) is 5.07. The molecule has 0 amide bonds. The molecule has 2 aliphatic heterocycles. The van der Waals surface area contributed by atoms with Crippen molar-refractivity contribution < 1.29 is 16.8 Å². The average Bonchev–Trinajstić information content (AvgIpc) is 2.59. The highest BCUT2D eigenvalue weighted by Crippen LogP contribution is 2.24. The standard InChI is InChI=1S/C10H20N2O4S2/c1-2-3-6-18(15,16)12-5-4-11-9-7-17(13,14)8-10(9)12/h9-11H,2-8H2,1H3/t9-,10+/m1/s1. The number of nitrogens with one attached hydrogen (secondary N) is 1. The van der Waals surface area contributed by atoms with Crippen molar-refractivity contribution in [3.63, 3.8) is 0 Å². The Balaban J connectivity index is 2.18. The van der Waals surface area contributed by atoms with Gasteiger partial charge < -0.3 is 5.32 Å². The highest BCUT2D eigenvalue weighted by atomic mass is 32.2. The highest BCUT2D eigenvalue weighted by molar-refractivity contribution is 7.92. The van der Waals surface area contributed by atoms with Crippen molar-refractivity contribution in [3.8, 4) is 0 Å². The molecular formula is C10H20N2O4S2. The third kappa shape index (κ3) is 2.87. The number of rotatable bonds is 4. The van der Waals surface area contributed by atoms with Crippen molar-refractivity contribution in [3.05, 3.63) is 0 Å². The van der Waals surface area contributed by atoms with Crippen molar-refractivity contribution in [1.29, 1.82) is 0 Å². The maximum atomic E-state index is 12.2. The first-order chi connectivity index (χ1) is 8.36. The van der Waals surface area contributed by atoms with Gasteiger partial charge >= 0.3 is 0 Å². The molecule has 0 saturated carbocycles. The van der Waals surface area contributed by atoms with Gasteiger partial charge in [-0.05, 0) is 6.42 Å². The van der Waals surface area contributed by atoms with Crippen LogP contribution in [-0.2, 0) is 19.9 Å². The predicted octanol–water partition coefficient (Wildman–Crippen LogP) is -0.813. The first kappa shape index (κ1) is 14.2. The summed E-state index contributed by atoms with van der Waals surface area (Å²) in [6, 6.07) is -0.647. The molecule has 0 bridgehead atoms. The van der Waals surface area contributed by atoms with Gasteiger partial charge in [-0.2, -0.15) is 4.31 Å². The second-order valence-corrected chi connectivity index (χ2v) is 9.18. The largest absolute Gasteiger partial charge is 0.310 e. The van der Waals surface area contributed by atoms with E-state index < -0.39 is 25.9 Å². The Kier molecular flexibility index (Phi) is 4.01. The molecule has 2 atom stereocenters. The summed E-state index contributed by atoms with van der Waals surface area (Å²) in [7, 11) is -6.43. The minimum atomic E-state index is -3.32. The molecule has 2 saturated heterocycles. The van der Waals surface area contributed by atoms with Gasteiger partial charge in [-0.15, -0.1) is 0 Å². The number of nitrogens with zero attached hydrogens (tertiary/aromatic N) is 1. The molecule has 8 heteroatoms. The number of piperazine rings is 1. The van der Waals surface area contributed by atoms with Gasteiger partial charge in [0.05, 0.1) is 23.3 Å². The van der Waals surface area contributed by atoms with Crippen LogP contribution in [0, 0.1) is 0 Å². The van der Waals surface area contributed by atoms with Gasteiger partial charge in [0.2, 0.25) is 10.0 Å². The summed E-state index contributed by atoms with van der Waals surface area (Å²) in [5.41, 5.74) is 0. The van der Waals surface area contributed by atoms with E-state index in [1.807, 2.05) is 6.92 Å². The first-order valence-electron chi connectivity index (χ1n) is 6.29. The quantitative estimate of drug-likeness (QED) is 0.733. The highest BCUT2D eigenvalue weighted by Gasteiger charge is 2.46. The summed E-state index contributed by atoms with van der Waals surface area (Å²) in [4.78, 5) is 0. The van der Waals surface area contributed by atoms with Gasteiger partial charge in [0.25, 0.3) is 0 Å². The van der Waals surface area contributed by atoms with E-state index in [1.54, 1.807) is 0 Å². The van der Waals surface area contributed by atoms with Crippen molar-refractivity contribution >= 4 is 19.9 Å². The minimum absolute atomic E-state index is 0.0456. The molecule has 0 aromatic rings. The van der Waals surface area contributed by atoms with E-state index in [0.717, 1.165) is 6.42 Å². The zero-order valence-electron chi connectivity index (χ0n) is 10.5. The molecule has 2 heterocycles. The molecule has 2 aliphatic rings. The van der Waals surface area contributed by atoms with E-state index in [9.17, 15) is 16.8 Å². The lowest BCUT2D eigenvalue weighted by atomic mass is 10.1. The summed E-state index contributed by atoms with van der Waals surface area (Å²) in [5, 5.41) is 3.11. The third-order valence-electron chi connectivity index (χ3n) is 3.54. The molecule has 0 unspecified atom stereocenters. The second-order valence-electron chi connectivity index (χ2n) is 4.99. The molecule has 2 fully saturated rings. The van der Waals surface area contributed by atoms with Crippen molar-refractivity contribution in [2.24, 2.45) is 0 Å². The molecule has 18 heavy (non-hydrogen) atoms. The van der Waals surface area contributed by atoms with Crippen molar-refractivity contribution in [2.75, 3.05) is 30.3 Å². The van der Waals surface area contributed by atoms with Crippen LogP contribution in [0.15, 0.2) is 0 Å². The van der Waals surface area contributed by atoms with Gasteiger partial charge in [-0.1, -0.05) is 13.3 Å². The van der Waals surface area contributed by atoms with Crippen molar-refractivity contribution in [2.45, 2.75) is 31.8 Å². The topological polar surface area (TPSA) is 83.6 Å². The van der Waals surface area contributed by atoms with Gasteiger partial charge in [0.1, 0.15) is 0 Å². The summed E-state index contributed by atoms with van der Waals surface area (Å²) in [6.07, 6.45) is 1.44. The Morgan fingerprint density at radius 3 is 2.72 bits per heavy atom. The molecule has 6 nitrogen and oxygen atoms in total. The molecule has 2 rings (SSSR count). The van der Waals surface area contributed by atoms with Crippen LogP contribution in [0.1, 0.15) is 19.8 Å². The van der Waals surface area contributed by atoms with Gasteiger partial charge in [-0.25, -0.2) is 16.8 Å². The van der Waals surface area contributed by atoms with Crippen LogP contribution in [0.25, 0.3) is 0 Å². The van der Waals surface area contributed by atoms with E-state index >= 15 is 0 Å². The van der Waals surface area contributed by atoms with Gasteiger partial charge in [0.15, 0.2) is 9.84 Å². The minimum Gasteiger partial charge on any atom is -0.310 e. The normalized spacial score (nSPS) is 32.3. The van der Waals surface area contributed by atoms with Crippen LogP contribution in [0.5, 0.6) is 0 Å². The maximum absolute atomic E-state index is 12.2. The lowest BCUT2D eigenvalue weighted by molar-refractivity contribution is 0.246. The summed E-state index contributed by atoms with van der Waals surface area (Å²) < 4.78 is 49.1. The monoisotopic (exact) mass is 296 g/mol. The summed E-state index contributed by atoms with van der Waals surface area (Å²) in [5.74, 6) is 0.125. The van der Waals surface area contributed by atoms with E-state index in [-0.39, 0.29) is 23.3 Å². The van der Waals surface area contributed by atoms with Gasteiger partial charge in [-0.3, -0.25) is 0 Å². The molecule has 0 spiro atoms. The fourth-order valence-electron chi connectivity index (χ4n) is 2.62. The Hall–Kier alpha value is -0.180. The number of hydrogen-bond donors (Lipinski definition) is 1. The fourth-order valence-corrected chi connectivity index (χ4v) is 6.56. The van der Waals surface area contributed by atoms with Crippen LogP contribution in [0.3, 0.4) is 0 Å². The van der Waals surface area contributed by atoms with E-state index in [1.165, 1.54) is 4.31 Å². The lowest BCUT2D eigenvalue weighted by Gasteiger charge is -2.36. The van der Waals surface area contributed by atoms with Crippen LogP contribution in [0.2, 0.25) is 0 Å². The molecule has 0 radical (unpaired) electrons. The number of sulfonamides is 1. The van der Waals surface area contributed by atoms with Crippen LogP contribution in [0.4, 0.5) is 0 Å². The van der Waals surface area contributed by atoms with Crippen LogP contribution < -0.4 is 5.32 Å². The zero-order valence-corrected chi connectivity index (χ0v) is 12.1. The van der Waals surface area contributed by atoms with Crippen LogP contribution in [-0.4, -0.2) is 63.6 Å². The first-order valence-corrected chi connectivity index (χ1v) is 9.72. The molecule has 1 N–H and O–H groups in total. The third-order valence-corrected chi connectivity index (χ3v) is 7.23. The molecule has 0 aliphatic carbocycles. The number of hydrogen-bond acceptors (Lipinski definition) is 5. The Morgan fingerprint density at radius 1 is 1.33 bits per heavy atom. The number of unbranched alkanes of at least 4 members (excludes halogenated alkanes) is 1. The average molecular weight is 296 g/mol. The number of fused-ring (bicyclic) bond motifs is 1.